The molecule has 0 aliphatic carbocycles. The van der Waals surface area contributed by atoms with Crippen molar-refractivity contribution in [3.8, 4) is 11.5 Å². The van der Waals surface area contributed by atoms with E-state index in [9.17, 15) is 4.39 Å². The summed E-state index contributed by atoms with van der Waals surface area (Å²) in [4.78, 5) is 4.43. The molecule has 1 aliphatic rings. The van der Waals surface area contributed by atoms with E-state index >= 15 is 0 Å². The summed E-state index contributed by atoms with van der Waals surface area (Å²) in [5.41, 5.74) is 1.64. The average Bonchev–Trinajstić information content (AvgIpc) is 2.88. The van der Waals surface area contributed by atoms with Crippen LogP contribution in [0.1, 0.15) is 0 Å². The van der Waals surface area contributed by atoms with Crippen molar-refractivity contribution in [2.75, 3.05) is 18.5 Å². The third-order valence-corrected chi connectivity index (χ3v) is 4.08. The number of fused-ring (bicyclic) bond motifs is 2. The van der Waals surface area contributed by atoms with E-state index < -0.39 is 0 Å². The Bertz CT molecular complexity index is 819. The normalized spacial score (nSPS) is 13.4. The van der Waals surface area contributed by atoms with Gasteiger partial charge in [0.05, 0.1) is 10.2 Å². The molecular weight excluding hydrogens is 291 g/mol. The maximum atomic E-state index is 13.2. The third-order valence-electron chi connectivity index (χ3n) is 3.14. The Kier molecular flexibility index (Phi) is 2.89. The summed E-state index contributed by atoms with van der Waals surface area (Å²) in [6, 6.07) is 10.2. The zero-order valence-corrected chi connectivity index (χ0v) is 11.7. The van der Waals surface area contributed by atoms with Crippen molar-refractivity contribution in [3.63, 3.8) is 0 Å². The summed E-state index contributed by atoms with van der Waals surface area (Å²) in [6.07, 6.45) is 0. The van der Waals surface area contributed by atoms with Crippen LogP contribution in [0, 0.1) is 5.82 Å². The largest absolute Gasteiger partial charge is 0.486 e. The van der Waals surface area contributed by atoms with Crippen LogP contribution in [0.25, 0.3) is 10.2 Å². The van der Waals surface area contributed by atoms with E-state index in [0.29, 0.717) is 18.3 Å². The van der Waals surface area contributed by atoms with E-state index in [-0.39, 0.29) is 5.82 Å². The summed E-state index contributed by atoms with van der Waals surface area (Å²) in [7, 11) is 0. The highest BCUT2D eigenvalue weighted by Gasteiger charge is 2.12. The number of nitrogens with one attached hydrogen (secondary N) is 1. The number of aromatic nitrogens is 1. The van der Waals surface area contributed by atoms with Crippen molar-refractivity contribution in [1.29, 1.82) is 0 Å². The molecule has 3 aromatic rings. The Balaban J connectivity index is 1.64. The highest BCUT2D eigenvalue weighted by molar-refractivity contribution is 7.22. The Morgan fingerprint density at radius 2 is 1.90 bits per heavy atom. The summed E-state index contributed by atoms with van der Waals surface area (Å²) in [5, 5.41) is 3.93. The van der Waals surface area contributed by atoms with Gasteiger partial charge >= 0.3 is 0 Å². The van der Waals surface area contributed by atoms with Gasteiger partial charge in [0.15, 0.2) is 16.6 Å². The molecule has 4 rings (SSSR count). The lowest BCUT2D eigenvalue weighted by Gasteiger charge is -2.18. The first kappa shape index (κ1) is 12.4. The molecule has 0 saturated carbocycles. The number of rotatable bonds is 2. The van der Waals surface area contributed by atoms with Gasteiger partial charge in [-0.2, -0.15) is 0 Å². The molecule has 0 unspecified atom stereocenters. The minimum Gasteiger partial charge on any atom is -0.486 e. The van der Waals surface area contributed by atoms with Gasteiger partial charge in [0.25, 0.3) is 0 Å². The number of ether oxygens (including phenoxy) is 2. The fourth-order valence-corrected chi connectivity index (χ4v) is 3.11. The van der Waals surface area contributed by atoms with Gasteiger partial charge in [0, 0.05) is 11.8 Å². The van der Waals surface area contributed by atoms with E-state index in [2.05, 4.69) is 10.3 Å². The van der Waals surface area contributed by atoms with E-state index in [1.165, 1.54) is 23.5 Å². The van der Waals surface area contributed by atoms with Crippen LogP contribution in [-0.2, 0) is 0 Å². The maximum absolute atomic E-state index is 13.2. The topological polar surface area (TPSA) is 43.4 Å². The number of nitrogens with zero attached hydrogens (tertiary/aromatic N) is 1. The molecule has 0 spiro atoms. The predicted octanol–water partition coefficient (Wildman–Crippen LogP) is 3.95. The molecule has 0 atom stereocenters. The van der Waals surface area contributed by atoms with Gasteiger partial charge < -0.3 is 14.8 Å². The number of hydrogen-bond acceptors (Lipinski definition) is 5. The number of thiazole rings is 1. The second-order valence-electron chi connectivity index (χ2n) is 4.61. The standard InChI is InChI=1S/C15H11FN2O2S/c16-9-1-3-11-14(7-9)21-15(18-11)17-10-2-4-12-13(8-10)20-6-5-19-12/h1-4,7-8H,5-6H2,(H,17,18). The van der Waals surface area contributed by atoms with Crippen molar-refractivity contribution in [2.24, 2.45) is 0 Å². The summed E-state index contributed by atoms with van der Waals surface area (Å²) in [5.74, 6) is 1.22. The SMILES string of the molecule is Fc1ccc2nc(Nc3ccc4c(c3)OCCO4)sc2c1. The lowest BCUT2D eigenvalue weighted by atomic mass is 10.2. The molecule has 2 aromatic carbocycles. The molecule has 21 heavy (non-hydrogen) atoms. The number of anilines is 2. The predicted molar refractivity (Wildman–Crippen MR) is 80.3 cm³/mol. The zero-order valence-electron chi connectivity index (χ0n) is 10.9. The minimum absolute atomic E-state index is 0.253. The zero-order chi connectivity index (χ0) is 14.2. The van der Waals surface area contributed by atoms with Crippen LogP contribution in [0.2, 0.25) is 0 Å². The molecule has 2 heterocycles. The molecule has 0 saturated heterocycles. The smallest absolute Gasteiger partial charge is 0.188 e. The second kappa shape index (κ2) is 4.89. The second-order valence-corrected chi connectivity index (χ2v) is 5.65. The molecule has 0 amide bonds. The Morgan fingerprint density at radius 3 is 2.81 bits per heavy atom. The Morgan fingerprint density at radius 1 is 1.05 bits per heavy atom. The molecule has 1 aromatic heterocycles. The summed E-state index contributed by atoms with van der Waals surface area (Å²) < 4.78 is 25.0. The molecule has 4 nitrogen and oxygen atoms in total. The van der Waals surface area contributed by atoms with Crippen LogP contribution in [0.4, 0.5) is 15.2 Å². The highest BCUT2D eigenvalue weighted by atomic mass is 32.1. The van der Waals surface area contributed by atoms with E-state index in [4.69, 9.17) is 9.47 Å². The van der Waals surface area contributed by atoms with Gasteiger partial charge in [-0.05, 0) is 30.3 Å². The number of benzene rings is 2. The molecule has 106 valence electrons. The van der Waals surface area contributed by atoms with E-state index in [1.54, 1.807) is 6.07 Å². The van der Waals surface area contributed by atoms with Gasteiger partial charge in [0.1, 0.15) is 19.0 Å². The molecule has 0 fully saturated rings. The van der Waals surface area contributed by atoms with Crippen molar-refractivity contribution in [1.82, 2.24) is 4.98 Å². The van der Waals surface area contributed by atoms with Crippen LogP contribution in [0.5, 0.6) is 11.5 Å². The first-order valence-corrected chi connectivity index (χ1v) is 7.32. The lowest BCUT2D eigenvalue weighted by molar-refractivity contribution is 0.171. The monoisotopic (exact) mass is 302 g/mol. The van der Waals surface area contributed by atoms with Gasteiger partial charge in [0.2, 0.25) is 0 Å². The van der Waals surface area contributed by atoms with Crippen LogP contribution in [0.15, 0.2) is 36.4 Å². The quantitative estimate of drug-likeness (QED) is 0.778. The molecule has 1 N–H and O–H groups in total. The van der Waals surface area contributed by atoms with Crippen molar-refractivity contribution < 1.29 is 13.9 Å². The van der Waals surface area contributed by atoms with Gasteiger partial charge in [-0.3, -0.25) is 0 Å². The lowest BCUT2D eigenvalue weighted by Crippen LogP contribution is -2.15. The highest BCUT2D eigenvalue weighted by Crippen LogP contribution is 2.35. The summed E-state index contributed by atoms with van der Waals surface area (Å²) >= 11 is 1.41. The van der Waals surface area contributed by atoms with Crippen LogP contribution in [-0.4, -0.2) is 18.2 Å². The van der Waals surface area contributed by atoms with Crippen LogP contribution >= 0.6 is 11.3 Å². The van der Waals surface area contributed by atoms with Crippen LogP contribution in [0.3, 0.4) is 0 Å². The Labute approximate surface area is 124 Å². The fraction of sp³-hybridized carbons (Fsp3) is 0.133. The third kappa shape index (κ3) is 2.38. The van der Waals surface area contributed by atoms with Crippen molar-refractivity contribution in [3.05, 3.63) is 42.2 Å². The van der Waals surface area contributed by atoms with Gasteiger partial charge in [-0.25, -0.2) is 9.37 Å². The molecule has 6 heteroatoms. The van der Waals surface area contributed by atoms with Crippen molar-refractivity contribution in [2.45, 2.75) is 0 Å². The molecule has 0 radical (unpaired) electrons. The number of hydrogen-bond donors (Lipinski definition) is 1. The maximum Gasteiger partial charge on any atom is 0.188 e. The Hall–Kier alpha value is -2.34. The van der Waals surface area contributed by atoms with Crippen molar-refractivity contribution >= 4 is 32.4 Å². The van der Waals surface area contributed by atoms with Gasteiger partial charge in [-0.15, -0.1) is 0 Å². The molecule has 1 aliphatic heterocycles. The first-order chi connectivity index (χ1) is 10.3. The first-order valence-electron chi connectivity index (χ1n) is 6.51. The van der Waals surface area contributed by atoms with E-state index in [0.717, 1.165) is 27.4 Å². The molecule has 0 bridgehead atoms. The molecular formula is C15H11FN2O2S. The fourth-order valence-electron chi connectivity index (χ4n) is 2.20. The van der Waals surface area contributed by atoms with Gasteiger partial charge in [-0.1, -0.05) is 11.3 Å². The van der Waals surface area contributed by atoms with E-state index in [1.807, 2.05) is 18.2 Å². The van der Waals surface area contributed by atoms with Crippen LogP contribution < -0.4 is 14.8 Å². The minimum atomic E-state index is -0.253. The number of halogens is 1. The summed E-state index contributed by atoms with van der Waals surface area (Å²) in [6.45, 7) is 1.13. The average molecular weight is 302 g/mol.